The van der Waals surface area contributed by atoms with Gasteiger partial charge in [-0.05, 0) is 36.8 Å². The number of hydrazine groups is 1. The number of nitrogens with two attached hydrogens (primary N) is 1. The Hall–Kier alpha value is -3.64. The largest absolute Gasteiger partial charge is 0.377 e. The van der Waals surface area contributed by atoms with Crippen LogP contribution in [-0.4, -0.2) is 11.8 Å². The lowest BCUT2D eigenvalue weighted by Crippen LogP contribution is -2.34. The number of urea groups is 1. The molecule has 0 aromatic heterocycles. The fourth-order valence-electron chi connectivity index (χ4n) is 3.08. The van der Waals surface area contributed by atoms with Crippen molar-refractivity contribution in [3.63, 3.8) is 0 Å². The molecule has 3 aromatic carbocycles. The molecule has 0 saturated carbocycles. The molecule has 3 aromatic rings. The Labute approximate surface area is 170 Å². The first-order chi connectivity index (χ1) is 14.1. The molecule has 2 amide bonds. The Morgan fingerprint density at radius 2 is 1.62 bits per heavy atom. The first-order valence-electron chi connectivity index (χ1n) is 9.35. The van der Waals surface area contributed by atoms with E-state index in [9.17, 15) is 9.59 Å². The van der Waals surface area contributed by atoms with Crippen molar-refractivity contribution in [2.45, 2.75) is 19.4 Å². The number of carbonyl (C=O) groups excluding carboxylic acids is 2. The van der Waals surface area contributed by atoms with Gasteiger partial charge >= 0.3 is 6.03 Å². The molecule has 0 fully saturated rings. The van der Waals surface area contributed by atoms with Crippen LogP contribution in [0.25, 0.3) is 0 Å². The van der Waals surface area contributed by atoms with Crippen molar-refractivity contribution in [1.82, 2.24) is 5.43 Å². The summed E-state index contributed by atoms with van der Waals surface area (Å²) in [5.41, 5.74) is 6.76. The lowest BCUT2D eigenvalue weighted by atomic mass is 9.92. The van der Waals surface area contributed by atoms with E-state index in [1.807, 2.05) is 79.1 Å². The zero-order valence-corrected chi connectivity index (χ0v) is 16.2. The molecule has 29 heavy (non-hydrogen) atoms. The molecule has 1 unspecified atom stereocenters. The second-order valence-electron chi connectivity index (χ2n) is 6.74. The van der Waals surface area contributed by atoms with E-state index in [4.69, 9.17) is 5.84 Å². The number of nitrogens with one attached hydrogen (secondary N) is 3. The fourth-order valence-corrected chi connectivity index (χ4v) is 3.08. The van der Waals surface area contributed by atoms with Gasteiger partial charge in [0.15, 0.2) is 5.78 Å². The van der Waals surface area contributed by atoms with Crippen molar-refractivity contribution in [1.29, 1.82) is 0 Å². The van der Waals surface area contributed by atoms with Crippen LogP contribution in [0.4, 0.5) is 16.2 Å². The predicted molar refractivity (Wildman–Crippen MR) is 116 cm³/mol. The molecular weight excluding hydrogens is 364 g/mol. The molecule has 0 spiro atoms. The smallest absolute Gasteiger partial charge is 0.333 e. The number of hydrogen-bond donors (Lipinski definition) is 4. The summed E-state index contributed by atoms with van der Waals surface area (Å²) in [5.74, 6) is 5.10. The highest BCUT2D eigenvalue weighted by Crippen LogP contribution is 2.32. The number of amides is 2. The number of carbonyl (C=O) groups is 2. The van der Waals surface area contributed by atoms with E-state index in [0.717, 1.165) is 28.1 Å². The van der Waals surface area contributed by atoms with Crippen LogP contribution in [-0.2, 0) is 0 Å². The number of benzene rings is 3. The van der Waals surface area contributed by atoms with Gasteiger partial charge in [0.25, 0.3) is 0 Å². The van der Waals surface area contributed by atoms with E-state index in [1.165, 1.54) is 0 Å². The van der Waals surface area contributed by atoms with Crippen LogP contribution in [0.1, 0.15) is 33.9 Å². The summed E-state index contributed by atoms with van der Waals surface area (Å²) in [6.07, 6.45) is 0.529. The minimum atomic E-state index is -0.418. The van der Waals surface area contributed by atoms with Crippen LogP contribution < -0.4 is 21.9 Å². The molecule has 1 aliphatic heterocycles. The van der Waals surface area contributed by atoms with Crippen LogP contribution in [0.15, 0.2) is 78.9 Å². The lowest BCUT2D eigenvalue weighted by molar-refractivity contribution is 0.0972. The van der Waals surface area contributed by atoms with Gasteiger partial charge < -0.3 is 10.6 Å². The zero-order valence-electron chi connectivity index (χ0n) is 16.2. The number of aryl methyl sites for hydroxylation is 1. The first kappa shape index (κ1) is 20.1. The van der Waals surface area contributed by atoms with Gasteiger partial charge in [-0.15, -0.1) is 0 Å². The Morgan fingerprint density at radius 3 is 2.31 bits per heavy atom. The molecule has 0 saturated heterocycles. The van der Waals surface area contributed by atoms with Gasteiger partial charge in [0, 0.05) is 23.4 Å². The van der Waals surface area contributed by atoms with E-state index < -0.39 is 6.03 Å². The van der Waals surface area contributed by atoms with Gasteiger partial charge in [-0.1, -0.05) is 60.2 Å². The highest BCUT2D eigenvalue weighted by Gasteiger charge is 2.24. The average Bonchev–Trinajstić information content (AvgIpc) is 2.76. The first-order valence-corrected chi connectivity index (χ1v) is 9.35. The summed E-state index contributed by atoms with van der Waals surface area (Å²) >= 11 is 0. The Bertz CT molecular complexity index is 972. The number of rotatable bonds is 2. The third-order valence-corrected chi connectivity index (χ3v) is 4.59. The normalized spacial score (nSPS) is 14.6. The van der Waals surface area contributed by atoms with E-state index in [-0.39, 0.29) is 11.8 Å². The highest BCUT2D eigenvalue weighted by atomic mass is 16.2. The Kier molecular flexibility index (Phi) is 6.60. The number of anilines is 2. The minimum absolute atomic E-state index is 0.0959. The third kappa shape index (κ3) is 5.43. The van der Waals surface area contributed by atoms with Gasteiger partial charge in [-0.2, -0.15) is 0 Å². The van der Waals surface area contributed by atoms with Crippen LogP contribution in [0.3, 0.4) is 0 Å². The van der Waals surface area contributed by atoms with Crippen molar-refractivity contribution in [2.24, 2.45) is 5.84 Å². The summed E-state index contributed by atoms with van der Waals surface area (Å²) in [6, 6.07) is 24.9. The molecule has 1 heterocycles. The molecular formula is C23H24N4O2. The van der Waals surface area contributed by atoms with E-state index in [1.54, 1.807) is 0 Å². The lowest BCUT2D eigenvalue weighted by Gasteiger charge is -2.26. The predicted octanol–water partition coefficient (Wildman–Crippen LogP) is 4.42. The topological polar surface area (TPSA) is 96.2 Å². The Morgan fingerprint density at radius 1 is 0.966 bits per heavy atom. The van der Waals surface area contributed by atoms with E-state index in [2.05, 4.69) is 22.8 Å². The van der Waals surface area contributed by atoms with Crippen molar-refractivity contribution in [3.8, 4) is 0 Å². The minimum Gasteiger partial charge on any atom is -0.377 e. The molecule has 6 heteroatoms. The maximum absolute atomic E-state index is 12.0. The standard InChI is InChI=1S/C15H13NO.C8H11N3O/c17-15-10-14(11-6-2-1-3-7-11)16-13-9-5-4-8-12(13)15;1-6-2-4-7(5-3-6)10-8(12)11-9/h1-9,14,16H,10H2;2-5H,9H2,1H3,(H2,10,11,12). The van der Waals surface area contributed by atoms with Crippen molar-refractivity contribution >= 4 is 23.2 Å². The SMILES string of the molecule is Cc1ccc(NC(=O)NN)cc1.O=C1CC(c2ccccc2)Nc2ccccc21. The van der Waals surface area contributed by atoms with E-state index >= 15 is 0 Å². The molecule has 6 nitrogen and oxygen atoms in total. The molecule has 148 valence electrons. The summed E-state index contributed by atoms with van der Waals surface area (Å²) in [7, 11) is 0. The number of Topliss-reactive ketones (excluding diaryl/α,β-unsaturated/α-hetero) is 1. The molecule has 1 aliphatic rings. The Balaban J connectivity index is 0.000000177. The second kappa shape index (κ2) is 9.52. The van der Waals surface area contributed by atoms with Crippen LogP contribution in [0.2, 0.25) is 0 Å². The molecule has 4 rings (SSSR count). The number of fused-ring (bicyclic) bond motifs is 1. The van der Waals surface area contributed by atoms with Crippen LogP contribution in [0.5, 0.6) is 0 Å². The zero-order chi connectivity index (χ0) is 20.6. The highest BCUT2D eigenvalue weighted by molar-refractivity contribution is 6.03. The van der Waals surface area contributed by atoms with E-state index in [0.29, 0.717) is 6.42 Å². The summed E-state index contributed by atoms with van der Waals surface area (Å²) in [6.45, 7) is 1.98. The number of hydrogen-bond acceptors (Lipinski definition) is 4. The quantitative estimate of drug-likeness (QED) is 0.297. The summed E-state index contributed by atoms with van der Waals surface area (Å²) in [5, 5.41) is 5.97. The van der Waals surface area contributed by atoms with Gasteiger partial charge in [-0.25, -0.2) is 10.6 Å². The van der Waals surface area contributed by atoms with Gasteiger partial charge in [0.1, 0.15) is 0 Å². The summed E-state index contributed by atoms with van der Waals surface area (Å²) < 4.78 is 0. The molecule has 0 aliphatic carbocycles. The van der Waals surface area contributed by atoms with Gasteiger partial charge in [0.2, 0.25) is 0 Å². The van der Waals surface area contributed by atoms with Crippen molar-refractivity contribution in [3.05, 3.63) is 95.6 Å². The maximum atomic E-state index is 12.0. The molecule has 1 atom stereocenters. The monoisotopic (exact) mass is 388 g/mol. The van der Waals surface area contributed by atoms with Crippen LogP contribution >= 0.6 is 0 Å². The fraction of sp³-hybridized carbons (Fsp3) is 0.130. The van der Waals surface area contributed by atoms with Crippen LogP contribution in [0, 0.1) is 6.92 Å². The van der Waals surface area contributed by atoms with Gasteiger partial charge in [-0.3, -0.25) is 10.2 Å². The van der Waals surface area contributed by atoms with Crippen molar-refractivity contribution in [2.75, 3.05) is 10.6 Å². The van der Waals surface area contributed by atoms with Crippen molar-refractivity contribution < 1.29 is 9.59 Å². The number of ketones is 1. The average molecular weight is 388 g/mol. The second-order valence-corrected chi connectivity index (χ2v) is 6.74. The maximum Gasteiger partial charge on any atom is 0.333 e. The molecule has 0 radical (unpaired) electrons. The summed E-state index contributed by atoms with van der Waals surface area (Å²) in [4.78, 5) is 22.7. The molecule has 5 N–H and O–H groups in total. The number of para-hydroxylation sites is 1. The van der Waals surface area contributed by atoms with Gasteiger partial charge in [0.05, 0.1) is 6.04 Å². The molecule has 0 bridgehead atoms. The third-order valence-electron chi connectivity index (χ3n) is 4.59.